The number of benzene rings is 4. The first-order valence-corrected chi connectivity index (χ1v) is 32.4. The zero-order valence-corrected chi connectivity index (χ0v) is 48.3. The maximum Gasteiger partial charge on any atom is 0.165 e. The lowest BCUT2D eigenvalue weighted by molar-refractivity contribution is -0.114. The molecule has 9 atom stereocenters. The third-order valence-corrected chi connectivity index (χ3v) is 22.2. The molecule has 4 aromatic carbocycles. The van der Waals surface area contributed by atoms with Crippen molar-refractivity contribution < 1.29 is 39.9 Å². The van der Waals surface area contributed by atoms with Gasteiger partial charge in [-0.3, -0.25) is 9.59 Å². The van der Waals surface area contributed by atoms with E-state index in [1.165, 1.54) is 11.1 Å². The van der Waals surface area contributed by atoms with Crippen molar-refractivity contribution in [3.63, 3.8) is 0 Å². The first kappa shape index (κ1) is 57.5. The van der Waals surface area contributed by atoms with Gasteiger partial charge >= 0.3 is 0 Å². The van der Waals surface area contributed by atoms with Crippen molar-refractivity contribution in [2.24, 2.45) is 46.5 Å². The number of ketones is 2. The van der Waals surface area contributed by atoms with Crippen LogP contribution in [-0.4, -0.2) is 72.8 Å². The minimum atomic E-state index is -0.811. The van der Waals surface area contributed by atoms with Crippen LogP contribution in [0.3, 0.4) is 0 Å². The molecule has 6 aliphatic rings. The van der Waals surface area contributed by atoms with E-state index in [1.807, 2.05) is 24.3 Å². The number of nitrogens with two attached hydrogens (primary N) is 2. The Labute approximate surface area is 485 Å². The summed E-state index contributed by atoms with van der Waals surface area (Å²) in [6, 6.07) is 25.2. The number of aromatic nitrogens is 1. The molecule has 0 amide bonds. The lowest BCUT2D eigenvalue weighted by atomic mass is 9.63. The van der Waals surface area contributed by atoms with Gasteiger partial charge in [0.1, 0.15) is 5.75 Å². The second-order valence-electron chi connectivity index (χ2n) is 24.9. The Balaban J connectivity index is 0.923. The SMILES string of the molecule is NC(N)c1cc2c3cc1CSSC[C@@H]1C[C@](CC[C@@H]4C[C@@](O)(C5CCCC5)CCC[C@@H]5C[C@H](CO)c6ccccc6C[C@@H]54)(/C=C/C(=O)CCc4ccc(O)c(c4)OCCc4ccc(O)c(c4)[C@@H]3CC(=O)c3cc[nH]c3CC#C2)C[C@@H]1O. The fraction of sp³-hybridized carbons (Fsp3) is 0.500. The maximum absolute atomic E-state index is 14.4. The third-order valence-electron chi connectivity index (χ3n) is 19.8. The molecule has 10 N–H and O–H groups in total. The Morgan fingerprint density at radius 2 is 1.63 bits per heavy atom. The number of aryl methyl sites for hydroxylation is 1. The molecule has 81 heavy (non-hydrogen) atoms. The first-order valence-electron chi connectivity index (χ1n) is 29.9. The van der Waals surface area contributed by atoms with Crippen molar-refractivity contribution in [1.29, 1.82) is 0 Å². The second kappa shape index (κ2) is 25.3. The highest BCUT2D eigenvalue weighted by Crippen LogP contribution is 2.54. The quantitative estimate of drug-likeness (QED) is 0.0453. The van der Waals surface area contributed by atoms with Gasteiger partial charge in [-0.25, -0.2) is 0 Å². The summed E-state index contributed by atoms with van der Waals surface area (Å²) in [5.41, 5.74) is 21.3. The Hall–Kier alpha value is -5.30. The van der Waals surface area contributed by atoms with Gasteiger partial charge in [0.05, 0.1) is 30.9 Å². The first-order chi connectivity index (χ1) is 39.2. The number of aromatic hydroxyl groups is 2. The number of rotatable bonds is 6. The highest BCUT2D eigenvalue weighted by Gasteiger charge is 2.48. The summed E-state index contributed by atoms with van der Waals surface area (Å²) in [4.78, 5) is 31.7. The van der Waals surface area contributed by atoms with Gasteiger partial charge in [0.2, 0.25) is 0 Å². The maximum atomic E-state index is 14.4. The average molecular weight is 1130 g/mol. The van der Waals surface area contributed by atoms with Crippen molar-refractivity contribution in [3.8, 4) is 29.1 Å². The summed E-state index contributed by atoms with van der Waals surface area (Å²) in [5.74, 6) is 8.90. The monoisotopic (exact) mass is 1130 g/mol. The average Bonchev–Trinajstić information content (AvgIpc) is 4.44. The Kier molecular flexibility index (Phi) is 17.9. The summed E-state index contributed by atoms with van der Waals surface area (Å²) < 4.78 is 6.24. The molecular formula is C68H81N3O8S2. The molecular weight excluding hydrogens is 1050 g/mol. The zero-order chi connectivity index (χ0) is 56.3. The number of Topliss-reactive ketones (excluding diaryl/α,β-unsaturated/α-hetero) is 1. The van der Waals surface area contributed by atoms with E-state index in [0.29, 0.717) is 83.8 Å². The van der Waals surface area contributed by atoms with E-state index in [9.17, 15) is 35.1 Å². The van der Waals surface area contributed by atoms with Crippen molar-refractivity contribution in [2.45, 2.75) is 157 Å². The molecule has 8 bridgehead atoms. The van der Waals surface area contributed by atoms with Crippen molar-refractivity contribution in [1.82, 2.24) is 4.98 Å². The smallest absolute Gasteiger partial charge is 0.165 e. The molecule has 13 heteroatoms. The van der Waals surface area contributed by atoms with Crippen LogP contribution in [0.25, 0.3) is 0 Å². The Morgan fingerprint density at radius 1 is 0.815 bits per heavy atom. The number of phenols is 2. The predicted octanol–water partition coefficient (Wildman–Crippen LogP) is 11.8. The number of nitrogens with one attached hydrogen (secondary N) is 1. The highest BCUT2D eigenvalue weighted by molar-refractivity contribution is 8.76. The minimum Gasteiger partial charge on any atom is -0.508 e. The molecule has 0 saturated heterocycles. The molecule has 2 heterocycles. The molecule has 1 aliphatic heterocycles. The molecule has 428 valence electrons. The number of aliphatic hydroxyl groups excluding tert-OH is 2. The summed E-state index contributed by atoms with van der Waals surface area (Å²) >= 11 is 0. The standard InChI is InChI=1S/C68H81N3O8S2/c69-66(70)57-33-46-8-5-13-60-54(22-27-71-60)63(76)35-58-56(46)34-49(57)40-80-81-41-50-36-67(38-64(50)77,26-21-52(73)17-14-42-16-19-62(75)65(30-42)79-28-23-43-15-18-61(74)59(58)29-43)25-20-47-37-68(78,51-10-2-3-11-51)24-6-9-44-31-48(39-72)53-12-4-1-7-45(53)32-55(44)47/h1,4,7,12,15-16,18-19,21-22,26-27,29-30,33-34,44,47-48,50-51,55,58,64,66,71-72,74-75,77-78H,2-3,6,9-11,13-14,17,20,23-25,28,31-32,35-41,69-70H2/b26-21+/t44-,47-,48-,50+,55+,58-,64+,67+,68-/m1/s1. The molecule has 0 spiro atoms. The summed E-state index contributed by atoms with van der Waals surface area (Å²) in [6.07, 6.45) is 18.6. The molecule has 5 aromatic rings. The van der Waals surface area contributed by atoms with Gasteiger partial charge in [-0.1, -0.05) is 114 Å². The number of H-pyrrole nitrogens is 1. The molecule has 3 saturated carbocycles. The summed E-state index contributed by atoms with van der Waals surface area (Å²) in [7, 11) is 3.39. The van der Waals surface area contributed by atoms with Crippen LogP contribution in [0.2, 0.25) is 0 Å². The van der Waals surface area contributed by atoms with E-state index in [0.717, 1.165) is 111 Å². The van der Waals surface area contributed by atoms with Gasteiger partial charge in [-0.15, -0.1) is 0 Å². The van der Waals surface area contributed by atoms with Crippen LogP contribution in [0.15, 0.2) is 97.2 Å². The molecule has 0 unspecified atom stereocenters. The number of aliphatic hydroxyl groups is 3. The minimum absolute atomic E-state index is 0.000990. The van der Waals surface area contributed by atoms with E-state index >= 15 is 0 Å². The van der Waals surface area contributed by atoms with Crippen LogP contribution >= 0.6 is 21.6 Å². The molecule has 3 fully saturated rings. The van der Waals surface area contributed by atoms with E-state index in [-0.39, 0.29) is 66.9 Å². The molecule has 11 nitrogen and oxygen atoms in total. The molecule has 0 radical (unpaired) electrons. The molecule has 11 rings (SSSR count). The summed E-state index contributed by atoms with van der Waals surface area (Å²) in [5, 5.41) is 58.6. The van der Waals surface area contributed by atoms with Gasteiger partial charge in [0.15, 0.2) is 23.1 Å². The van der Waals surface area contributed by atoms with Crippen LogP contribution in [0.5, 0.6) is 17.2 Å². The number of aromatic amines is 1. The number of phenolic OH excluding ortho intramolecular Hbond substituents is 2. The fourth-order valence-electron chi connectivity index (χ4n) is 15.4. The number of allylic oxidation sites excluding steroid dienone is 2. The topological polar surface area (TPSA) is 212 Å². The van der Waals surface area contributed by atoms with Gasteiger partial charge in [0.25, 0.3) is 0 Å². The van der Waals surface area contributed by atoms with Crippen molar-refractivity contribution in [3.05, 3.63) is 159 Å². The van der Waals surface area contributed by atoms with Crippen LogP contribution in [0, 0.1) is 46.8 Å². The fourth-order valence-corrected chi connectivity index (χ4v) is 17.9. The predicted molar refractivity (Wildman–Crippen MR) is 322 cm³/mol. The van der Waals surface area contributed by atoms with Crippen LogP contribution < -0.4 is 16.2 Å². The van der Waals surface area contributed by atoms with Gasteiger partial charge < -0.3 is 46.7 Å². The van der Waals surface area contributed by atoms with E-state index < -0.39 is 29.2 Å². The number of carbonyl (C=O) groups excluding carboxylic acids is 2. The number of hydrogen-bond acceptors (Lipinski definition) is 12. The lowest BCUT2D eigenvalue weighted by Crippen LogP contribution is -2.43. The molecule has 5 aliphatic carbocycles. The number of hydrogen-bond donors (Lipinski definition) is 8. The number of ether oxygens (including phenoxy) is 1. The normalized spacial score (nSPS) is 29.0. The third kappa shape index (κ3) is 12.9. The van der Waals surface area contributed by atoms with Crippen molar-refractivity contribution in [2.75, 3.05) is 19.0 Å². The van der Waals surface area contributed by atoms with Gasteiger partial charge in [0, 0.05) is 77.8 Å². The van der Waals surface area contributed by atoms with E-state index in [2.05, 4.69) is 53.2 Å². The zero-order valence-electron chi connectivity index (χ0n) is 46.6. The summed E-state index contributed by atoms with van der Waals surface area (Å²) in [6.45, 7) is 0.338. The second-order valence-corrected chi connectivity index (χ2v) is 27.4. The largest absolute Gasteiger partial charge is 0.508 e. The van der Waals surface area contributed by atoms with Crippen molar-refractivity contribution >= 4 is 33.2 Å². The molecule has 1 aromatic heterocycles. The van der Waals surface area contributed by atoms with Gasteiger partial charge in [-0.05, 0) is 181 Å². The van der Waals surface area contributed by atoms with Gasteiger partial charge in [-0.2, -0.15) is 0 Å². The van der Waals surface area contributed by atoms with E-state index in [4.69, 9.17) is 16.2 Å². The highest BCUT2D eigenvalue weighted by atomic mass is 33.1. The Bertz CT molecular complexity index is 3170. The Morgan fingerprint density at radius 3 is 2.46 bits per heavy atom. The van der Waals surface area contributed by atoms with Crippen LogP contribution in [0.4, 0.5) is 0 Å². The van der Waals surface area contributed by atoms with Crippen LogP contribution in [0.1, 0.15) is 180 Å². The number of fused-ring (bicyclic) bond motifs is 11. The lowest BCUT2D eigenvalue weighted by Gasteiger charge is -2.45. The van der Waals surface area contributed by atoms with Crippen LogP contribution in [-0.2, 0) is 36.2 Å². The number of carbonyl (C=O) groups is 2. The van der Waals surface area contributed by atoms with E-state index in [1.54, 1.807) is 58.1 Å².